The Hall–Kier alpha value is -1.35. The number of hydrogen-bond acceptors (Lipinski definition) is 3. The largest absolute Gasteiger partial charge is 0.460 e. The molecule has 0 heterocycles. The van der Waals surface area contributed by atoms with Crippen molar-refractivity contribution in [2.24, 2.45) is 5.92 Å². The predicted octanol–water partition coefficient (Wildman–Crippen LogP) is 2.82. The van der Waals surface area contributed by atoms with Crippen LogP contribution >= 0.6 is 0 Å². The Labute approximate surface area is 103 Å². The molecule has 0 amide bonds. The Balaban J connectivity index is 2.29. The molecule has 0 fully saturated rings. The normalized spacial score (nSPS) is 10.6. The van der Waals surface area contributed by atoms with Gasteiger partial charge < -0.3 is 9.47 Å². The predicted molar refractivity (Wildman–Crippen MR) is 67.1 cm³/mol. The maximum absolute atomic E-state index is 11.7. The van der Waals surface area contributed by atoms with Crippen LogP contribution in [0.1, 0.15) is 29.8 Å². The quantitative estimate of drug-likeness (QED) is 0.563. The third-order valence-electron chi connectivity index (χ3n) is 2.28. The summed E-state index contributed by atoms with van der Waals surface area (Å²) in [7, 11) is 0. The highest BCUT2D eigenvalue weighted by molar-refractivity contribution is 5.90. The van der Waals surface area contributed by atoms with Crippen molar-refractivity contribution in [2.45, 2.75) is 20.8 Å². The van der Waals surface area contributed by atoms with E-state index in [0.717, 1.165) is 5.56 Å². The van der Waals surface area contributed by atoms with Crippen molar-refractivity contribution in [2.75, 3.05) is 19.8 Å². The zero-order valence-corrected chi connectivity index (χ0v) is 10.7. The second-order valence-electron chi connectivity index (χ2n) is 4.42. The second kappa shape index (κ2) is 7.07. The van der Waals surface area contributed by atoms with E-state index in [1.54, 1.807) is 6.07 Å². The molecule has 0 bridgehead atoms. The van der Waals surface area contributed by atoms with Crippen molar-refractivity contribution >= 4 is 5.97 Å². The van der Waals surface area contributed by atoms with E-state index in [4.69, 9.17) is 9.47 Å². The Kier molecular flexibility index (Phi) is 5.70. The summed E-state index contributed by atoms with van der Waals surface area (Å²) in [6.07, 6.45) is 0. The molecular weight excluding hydrogens is 216 g/mol. The van der Waals surface area contributed by atoms with Gasteiger partial charge in [-0.3, -0.25) is 0 Å². The summed E-state index contributed by atoms with van der Waals surface area (Å²) in [5.74, 6) is 0.221. The Morgan fingerprint density at radius 3 is 2.59 bits per heavy atom. The minimum absolute atomic E-state index is 0.281. The van der Waals surface area contributed by atoms with Crippen LogP contribution in [0.15, 0.2) is 24.3 Å². The smallest absolute Gasteiger partial charge is 0.338 e. The zero-order chi connectivity index (χ0) is 12.7. The average molecular weight is 236 g/mol. The highest BCUT2D eigenvalue weighted by Crippen LogP contribution is 2.08. The van der Waals surface area contributed by atoms with E-state index in [1.807, 2.05) is 25.1 Å². The van der Waals surface area contributed by atoms with Crippen LogP contribution in [0.25, 0.3) is 0 Å². The summed E-state index contributed by atoms with van der Waals surface area (Å²) in [5.41, 5.74) is 1.55. The lowest BCUT2D eigenvalue weighted by molar-refractivity contribution is 0.0277. The van der Waals surface area contributed by atoms with Crippen LogP contribution in [-0.4, -0.2) is 25.8 Å². The molecular formula is C14H20O3. The molecule has 0 N–H and O–H groups in total. The number of carbonyl (C=O) groups excluding carboxylic acids is 1. The van der Waals surface area contributed by atoms with Gasteiger partial charge in [-0.25, -0.2) is 4.79 Å². The third-order valence-corrected chi connectivity index (χ3v) is 2.28. The topological polar surface area (TPSA) is 35.5 Å². The van der Waals surface area contributed by atoms with Crippen molar-refractivity contribution in [3.63, 3.8) is 0 Å². The molecule has 0 aliphatic carbocycles. The SMILES string of the molecule is Cc1ccccc1C(=O)OCCOCC(C)C. The lowest BCUT2D eigenvalue weighted by Crippen LogP contribution is -2.13. The van der Waals surface area contributed by atoms with E-state index in [9.17, 15) is 4.79 Å². The molecule has 0 saturated carbocycles. The van der Waals surface area contributed by atoms with Gasteiger partial charge in [0.1, 0.15) is 6.61 Å². The van der Waals surface area contributed by atoms with E-state index in [1.165, 1.54) is 0 Å². The summed E-state index contributed by atoms with van der Waals surface area (Å²) >= 11 is 0. The number of hydrogen-bond donors (Lipinski definition) is 0. The molecule has 0 aliphatic rings. The minimum atomic E-state index is -0.281. The number of rotatable bonds is 6. The van der Waals surface area contributed by atoms with Crippen LogP contribution in [0.2, 0.25) is 0 Å². The minimum Gasteiger partial charge on any atom is -0.460 e. The van der Waals surface area contributed by atoms with Crippen molar-refractivity contribution in [1.29, 1.82) is 0 Å². The lowest BCUT2D eigenvalue weighted by atomic mass is 10.1. The van der Waals surface area contributed by atoms with Crippen LogP contribution in [0, 0.1) is 12.8 Å². The van der Waals surface area contributed by atoms with Crippen molar-refractivity contribution in [1.82, 2.24) is 0 Å². The highest BCUT2D eigenvalue weighted by atomic mass is 16.6. The molecule has 0 saturated heterocycles. The molecule has 0 radical (unpaired) electrons. The summed E-state index contributed by atoms with van der Waals surface area (Å²) < 4.78 is 10.5. The van der Waals surface area contributed by atoms with Gasteiger partial charge in [0.25, 0.3) is 0 Å². The summed E-state index contributed by atoms with van der Waals surface area (Å²) in [5, 5.41) is 0. The first-order valence-electron chi connectivity index (χ1n) is 5.91. The molecule has 3 nitrogen and oxygen atoms in total. The molecule has 1 rings (SSSR count). The van der Waals surface area contributed by atoms with Gasteiger partial charge in [-0.1, -0.05) is 32.0 Å². The van der Waals surface area contributed by atoms with E-state index < -0.39 is 0 Å². The summed E-state index contributed by atoms with van der Waals surface area (Å²) in [6.45, 7) is 7.52. The van der Waals surface area contributed by atoms with Gasteiger partial charge in [-0.05, 0) is 24.5 Å². The standard InChI is InChI=1S/C14H20O3/c1-11(2)10-16-8-9-17-14(15)13-7-5-4-6-12(13)3/h4-7,11H,8-10H2,1-3H3. The van der Waals surface area contributed by atoms with Crippen molar-refractivity contribution in [3.05, 3.63) is 35.4 Å². The number of esters is 1. The molecule has 0 aromatic heterocycles. The molecule has 1 aromatic carbocycles. The van der Waals surface area contributed by atoms with Gasteiger partial charge in [0.15, 0.2) is 0 Å². The molecule has 94 valence electrons. The molecule has 17 heavy (non-hydrogen) atoms. The van der Waals surface area contributed by atoms with Gasteiger partial charge in [0, 0.05) is 6.61 Å². The first-order valence-corrected chi connectivity index (χ1v) is 5.91. The fourth-order valence-electron chi connectivity index (χ4n) is 1.39. The Morgan fingerprint density at radius 2 is 1.94 bits per heavy atom. The molecule has 0 unspecified atom stereocenters. The van der Waals surface area contributed by atoms with E-state index in [2.05, 4.69) is 13.8 Å². The van der Waals surface area contributed by atoms with Crippen LogP contribution in [-0.2, 0) is 9.47 Å². The Morgan fingerprint density at radius 1 is 1.24 bits per heavy atom. The average Bonchev–Trinajstić information content (AvgIpc) is 2.28. The van der Waals surface area contributed by atoms with Gasteiger partial charge in [-0.15, -0.1) is 0 Å². The third kappa shape index (κ3) is 5.00. The molecule has 1 aromatic rings. The number of benzene rings is 1. The first-order chi connectivity index (χ1) is 8.11. The lowest BCUT2D eigenvalue weighted by Gasteiger charge is -2.08. The first kappa shape index (κ1) is 13.7. The summed E-state index contributed by atoms with van der Waals surface area (Å²) in [4.78, 5) is 11.7. The fourth-order valence-corrected chi connectivity index (χ4v) is 1.39. The van der Waals surface area contributed by atoms with Crippen LogP contribution in [0.5, 0.6) is 0 Å². The Bertz CT molecular complexity index is 358. The van der Waals surface area contributed by atoms with E-state index in [0.29, 0.717) is 31.3 Å². The van der Waals surface area contributed by atoms with Crippen LogP contribution < -0.4 is 0 Å². The molecule has 3 heteroatoms. The molecule has 0 aliphatic heterocycles. The van der Waals surface area contributed by atoms with E-state index >= 15 is 0 Å². The number of aryl methyl sites for hydroxylation is 1. The fraction of sp³-hybridized carbons (Fsp3) is 0.500. The maximum Gasteiger partial charge on any atom is 0.338 e. The van der Waals surface area contributed by atoms with Gasteiger partial charge in [0.2, 0.25) is 0 Å². The van der Waals surface area contributed by atoms with Crippen LogP contribution in [0.3, 0.4) is 0 Å². The summed E-state index contributed by atoms with van der Waals surface area (Å²) in [6, 6.07) is 7.40. The second-order valence-corrected chi connectivity index (χ2v) is 4.42. The maximum atomic E-state index is 11.7. The van der Waals surface area contributed by atoms with Crippen molar-refractivity contribution < 1.29 is 14.3 Å². The molecule has 0 atom stereocenters. The number of carbonyl (C=O) groups is 1. The van der Waals surface area contributed by atoms with Gasteiger partial charge >= 0.3 is 5.97 Å². The zero-order valence-electron chi connectivity index (χ0n) is 10.7. The number of ether oxygens (including phenoxy) is 2. The van der Waals surface area contributed by atoms with Gasteiger partial charge in [-0.2, -0.15) is 0 Å². The van der Waals surface area contributed by atoms with Crippen LogP contribution in [0.4, 0.5) is 0 Å². The van der Waals surface area contributed by atoms with Crippen molar-refractivity contribution in [3.8, 4) is 0 Å². The monoisotopic (exact) mass is 236 g/mol. The highest BCUT2D eigenvalue weighted by Gasteiger charge is 2.08. The van der Waals surface area contributed by atoms with E-state index in [-0.39, 0.29) is 5.97 Å². The van der Waals surface area contributed by atoms with Gasteiger partial charge in [0.05, 0.1) is 12.2 Å². The molecule has 0 spiro atoms.